The number of para-hydroxylation sites is 1. The average Bonchev–Trinajstić information content (AvgIpc) is 2.90. The Kier molecular flexibility index (Phi) is 4.77. The number of carbonyl (C=O) groups is 2. The summed E-state index contributed by atoms with van der Waals surface area (Å²) >= 11 is 0. The molecule has 2 aromatic carbocycles. The summed E-state index contributed by atoms with van der Waals surface area (Å²) in [7, 11) is 0. The highest BCUT2D eigenvalue weighted by Gasteiger charge is 2.34. The molecule has 1 unspecified atom stereocenters. The molecule has 2 amide bonds. The predicted molar refractivity (Wildman–Crippen MR) is 105 cm³/mol. The van der Waals surface area contributed by atoms with Gasteiger partial charge in [-0.1, -0.05) is 36.4 Å². The van der Waals surface area contributed by atoms with Gasteiger partial charge in [-0.25, -0.2) is 4.39 Å². The van der Waals surface area contributed by atoms with Crippen LogP contribution >= 0.6 is 0 Å². The fraction of sp³-hybridized carbons (Fsp3) is 0.227. The van der Waals surface area contributed by atoms with Crippen molar-refractivity contribution in [2.24, 2.45) is 10.7 Å². The molecule has 0 radical (unpaired) electrons. The Bertz CT molecular complexity index is 998. The van der Waals surface area contributed by atoms with Gasteiger partial charge < -0.3 is 10.6 Å². The Hall–Kier alpha value is -3.28. The Morgan fingerprint density at radius 1 is 1.04 bits per heavy atom. The maximum atomic E-state index is 14.3. The molecule has 0 saturated carbocycles. The standard InChI is InChI=1S/C22H20FN3O2/c23-18-9-5-4-8-17(18)19-11-10-16-15(20(25-19)21(24)27)12-13-26(22(16)28)14-6-2-1-3-7-14/h1-9,19H,10-13H2,(H2,24,27). The van der Waals surface area contributed by atoms with Gasteiger partial charge in [-0.2, -0.15) is 0 Å². The highest BCUT2D eigenvalue weighted by molar-refractivity contribution is 6.46. The lowest BCUT2D eigenvalue weighted by atomic mass is 9.91. The molecule has 2 aromatic rings. The molecule has 4 rings (SSSR count). The predicted octanol–water partition coefficient (Wildman–Crippen LogP) is 3.32. The summed E-state index contributed by atoms with van der Waals surface area (Å²) in [5.41, 5.74) is 8.06. The molecule has 0 saturated heterocycles. The number of halogens is 1. The molecule has 0 spiro atoms. The zero-order chi connectivity index (χ0) is 19.7. The third-order valence-electron chi connectivity index (χ3n) is 5.26. The molecule has 6 heteroatoms. The van der Waals surface area contributed by atoms with Gasteiger partial charge in [0.15, 0.2) is 0 Å². The number of anilines is 1. The van der Waals surface area contributed by atoms with Crippen molar-refractivity contribution in [3.63, 3.8) is 0 Å². The number of nitrogens with zero attached hydrogens (tertiary/aromatic N) is 2. The van der Waals surface area contributed by atoms with Crippen molar-refractivity contribution in [1.82, 2.24) is 0 Å². The molecule has 0 bridgehead atoms. The second-order valence-corrected chi connectivity index (χ2v) is 6.92. The van der Waals surface area contributed by atoms with Crippen LogP contribution in [0.15, 0.2) is 70.7 Å². The highest BCUT2D eigenvalue weighted by Crippen LogP contribution is 2.36. The molecule has 5 nitrogen and oxygen atoms in total. The van der Waals surface area contributed by atoms with Gasteiger partial charge in [0.05, 0.1) is 6.04 Å². The lowest BCUT2D eigenvalue weighted by Gasteiger charge is -2.30. The minimum atomic E-state index is -0.684. The second-order valence-electron chi connectivity index (χ2n) is 6.92. The van der Waals surface area contributed by atoms with Gasteiger partial charge in [-0.15, -0.1) is 0 Å². The number of rotatable bonds is 3. The van der Waals surface area contributed by atoms with E-state index in [0.29, 0.717) is 42.5 Å². The van der Waals surface area contributed by atoms with E-state index < -0.39 is 11.9 Å². The maximum Gasteiger partial charge on any atom is 0.267 e. The summed E-state index contributed by atoms with van der Waals surface area (Å²) in [6.07, 6.45) is 1.34. The van der Waals surface area contributed by atoms with Crippen molar-refractivity contribution < 1.29 is 14.0 Å². The van der Waals surface area contributed by atoms with Crippen LogP contribution in [0.1, 0.15) is 30.9 Å². The van der Waals surface area contributed by atoms with E-state index in [2.05, 4.69) is 4.99 Å². The van der Waals surface area contributed by atoms with Crippen molar-refractivity contribution in [3.8, 4) is 0 Å². The Balaban J connectivity index is 1.72. The SMILES string of the molecule is NC(=O)C1=NC(c2ccccc2F)CCC2=C1CCN(c1ccccc1)C2=O. The van der Waals surface area contributed by atoms with E-state index in [0.717, 1.165) is 5.69 Å². The van der Waals surface area contributed by atoms with E-state index in [1.54, 1.807) is 23.1 Å². The normalized spacial score (nSPS) is 19.8. The monoisotopic (exact) mass is 377 g/mol. The van der Waals surface area contributed by atoms with Gasteiger partial charge in [-0.3, -0.25) is 14.6 Å². The van der Waals surface area contributed by atoms with Crippen molar-refractivity contribution in [2.45, 2.75) is 25.3 Å². The number of hydrogen-bond donors (Lipinski definition) is 1. The number of carbonyl (C=O) groups excluding carboxylic acids is 2. The lowest BCUT2D eigenvalue weighted by Crippen LogP contribution is -2.40. The molecule has 0 aromatic heterocycles. The molecule has 1 atom stereocenters. The first-order chi connectivity index (χ1) is 13.6. The summed E-state index contributed by atoms with van der Waals surface area (Å²) in [6, 6.07) is 15.2. The zero-order valence-corrected chi connectivity index (χ0v) is 15.3. The summed E-state index contributed by atoms with van der Waals surface area (Å²) in [5, 5.41) is 0. The minimum Gasteiger partial charge on any atom is -0.364 e. The summed E-state index contributed by atoms with van der Waals surface area (Å²) in [6.45, 7) is 0.443. The second kappa shape index (κ2) is 7.38. The molecule has 2 N–H and O–H groups in total. The molecule has 0 fully saturated rings. The number of hydrogen-bond acceptors (Lipinski definition) is 3. The van der Waals surface area contributed by atoms with Gasteiger partial charge in [0.2, 0.25) is 0 Å². The van der Waals surface area contributed by atoms with Gasteiger partial charge >= 0.3 is 0 Å². The van der Waals surface area contributed by atoms with E-state index in [4.69, 9.17) is 5.73 Å². The van der Waals surface area contributed by atoms with E-state index in [1.165, 1.54) is 6.07 Å². The van der Waals surface area contributed by atoms with Crippen LogP contribution in [-0.4, -0.2) is 24.1 Å². The molecule has 0 aliphatic carbocycles. The van der Waals surface area contributed by atoms with Crippen LogP contribution in [0.25, 0.3) is 0 Å². The Morgan fingerprint density at radius 3 is 2.46 bits per heavy atom. The van der Waals surface area contributed by atoms with E-state index in [9.17, 15) is 14.0 Å². The third-order valence-corrected chi connectivity index (χ3v) is 5.26. The van der Waals surface area contributed by atoms with Gasteiger partial charge in [0.25, 0.3) is 11.8 Å². The van der Waals surface area contributed by atoms with E-state index in [1.807, 2.05) is 30.3 Å². The molecular weight excluding hydrogens is 357 g/mol. The number of primary amides is 1. The first-order valence-corrected chi connectivity index (χ1v) is 9.27. The number of amides is 2. The first kappa shape index (κ1) is 18.1. The minimum absolute atomic E-state index is 0.0989. The van der Waals surface area contributed by atoms with Crippen LogP contribution in [0.4, 0.5) is 10.1 Å². The van der Waals surface area contributed by atoms with Crippen LogP contribution in [0.2, 0.25) is 0 Å². The zero-order valence-electron chi connectivity index (χ0n) is 15.3. The van der Waals surface area contributed by atoms with E-state index >= 15 is 0 Å². The van der Waals surface area contributed by atoms with Gasteiger partial charge in [0.1, 0.15) is 11.5 Å². The molecule has 2 heterocycles. The molecule has 28 heavy (non-hydrogen) atoms. The van der Waals surface area contributed by atoms with Crippen LogP contribution in [0.3, 0.4) is 0 Å². The quantitative estimate of drug-likeness (QED) is 0.891. The number of aliphatic imine (C=N–C) groups is 1. The summed E-state index contributed by atoms with van der Waals surface area (Å²) in [5.74, 6) is -1.20. The average molecular weight is 377 g/mol. The third kappa shape index (κ3) is 3.22. The molecule has 2 aliphatic heterocycles. The number of benzene rings is 2. The Labute approximate surface area is 162 Å². The van der Waals surface area contributed by atoms with Crippen molar-refractivity contribution in [1.29, 1.82) is 0 Å². The van der Waals surface area contributed by atoms with Gasteiger partial charge in [0, 0.05) is 23.4 Å². The van der Waals surface area contributed by atoms with Crippen LogP contribution in [0.5, 0.6) is 0 Å². The first-order valence-electron chi connectivity index (χ1n) is 9.27. The maximum absolute atomic E-state index is 14.3. The van der Waals surface area contributed by atoms with Crippen molar-refractivity contribution >= 4 is 23.2 Å². The Morgan fingerprint density at radius 2 is 1.75 bits per heavy atom. The fourth-order valence-electron chi connectivity index (χ4n) is 3.90. The largest absolute Gasteiger partial charge is 0.364 e. The molecule has 142 valence electrons. The lowest BCUT2D eigenvalue weighted by molar-refractivity contribution is -0.115. The summed E-state index contributed by atoms with van der Waals surface area (Å²) < 4.78 is 14.3. The molecular formula is C22H20FN3O2. The van der Waals surface area contributed by atoms with Crippen molar-refractivity contribution in [2.75, 3.05) is 11.4 Å². The van der Waals surface area contributed by atoms with Crippen LogP contribution in [-0.2, 0) is 9.59 Å². The van der Waals surface area contributed by atoms with Crippen molar-refractivity contribution in [3.05, 3.63) is 77.1 Å². The van der Waals surface area contributed by atoms with Crippen LogP contribution in [0, 0.1) is 5.82 Å². The topological polar surface area (TPSA) is 75.8 Å². The fourth-order valence-corrected chi connectivity index (χ4v) is 3.90. The van der Waals surface area contributed by atoms with Crippen LogP contribution < -0.4 is 10.6 Å². The van der Waals surface area contributed by atoms with E-state index in [-0.39, 0.29) is 17.4 Å². The number of nitrogens with two attached hydrogens (primary N) is 1. The smallest absolute Gasteiger partial charge is 0.267 e. The summed E-state index contributed by atoms with van der Waals surface area (Å²) in [4.78, 5) is 31.5. The highest BCUT2D eigenvalue weighted by atomic mass is 19.1. The molecule has 2 aliphatic rings. The van der Waals surface area contributed by atoms with Gasteiger partial charge in [-0.05, 0) is 43.0 Å².